The fraction of sp³-hybridized carbons (Fsp3) is 0.259. The molecule has 3 aromatic rings. The maximum absolute atomic E-state index is 12.8. The van der Waals surface area contributed by atoms with E-state index in [2.05, 4.69) is 34.6 Å². The number of benzene rings is 2. The molecule has 1 aliphatic heterocycles. The standard InChI is InChI=1S/C27H25N3O5/c31-25(32)14-18-6-5-13-30(18)26(33)24-12-11-17(15-28-24)29-27(34)35-16-23-21-9-3-1-7-19(21)20-8-2-4-10-22(20)23/h1-4,7-12,15,18,23H,5-6,13-14,16H2,(H,29,34)(H,31,32). The lowest BCUT2D eigenvalue weighted by Gasteiger charge is -2.23. The van der Waals surface area contributed by atoms with E-state index in [1.165, 1.54) is 12.3 Å². The van der Waals surface area contributed by atoms with Crippen LogP contribution in [0.1, 0.15) is 46.8 Å². The van der Waals surface area contributed by atoms with Gasteiger partial charge < -0.3 is 14.7 Å². The minimum absolute atomic E-state index is 0.0366. The van der Waals surface area contributed by atoms with Crippen LogP contribution < -0.4 is 5.32 Å². The Bertz CT molecular complexity index is 1230. The zero-order valence-corrected chi connectivity index (χ0v) is 19.0. The van der Waals surface area contributed by atoms with Gasteiger partial charge in [0.1, 0.15) is 12.3 Å². The van der Waals surface area contributed by atoms with Gasteiger partial charge in [-0.25, -0.2) is 9.78 Å². The maximum atomic E-state index is 12.8. The molecule has 1 aliphatic carbocycles. The van der Waals surface area contributed by atoms with Crippen molar-refractivity contribution in [2.75, 3.05) is 18.5 Å². The smallest absolute Gasteiger partial charge is 0.411 e. The molecule has 2 amide bonds. The van der Waals surface area contributed by atoms with Crippen molar-refractivity contribution in [3.05, 3.63) is 83.7 Å². The Kier molecular flexibility index (Phi) is 6.18. The zero-order chi connectivity index (χ0) is 24.4. The molecule has 2 heterocycles. The van der Waals surface area contributed by atoms with Crippen molar-refractivity contribution in [2.45, 2.75) is 31.2 Å². The zero-order valence-electron chi connectivity index (χ0n) is 19.0. The van der Waals surface area contributed by atoms with Crippen LogP contribution in [0.5, 0.6) is 0 Å². The van der Waals surface area contributed by atoms with Crippen molar-refractivity contribution in [1.82, 2.24) is 9.88 Å². The second kappa shape index (κ2) is 9.58. The lowest BCUT2D eigenvalue weighted by atomic mass is 9.98. The van der Waals surface area contributed by atoms with Gasteiger partial charge in [0.15, 0.2) is 0 Å². The summed E-state index contributed by atoms with van der Waals surface area (Å²) in [5.41, 5.74) is 5.20. The number of amides is 2. The van der Waals surface area contributed by atoms with Crippen LogP contribution in [-0.2, 0) is 9.53 Å². The van der Waals surface area contributed by atoms with E-state index in [0.717, 1.165) is 28.7 Å². The number of nitrogens with one attached hydrogen (secondary N) is 1. The first kappa shape index (κ1) is 22.6. The van der Waals surface area contributed by atoms with Gasteiger partial charge in [-0.1, -0.05) is 48.5 Å². The molecule has 1 saturated heterocycles. The third-order valence-electron chi connectivity index (χ3n) is 6.62. The van der Waals surface area contributed by atoms with Gasteiger partial charge in [0.05, 0.1) is 18.3 Å². The summed E-state index contributed by atoms with van der Waals surface area (Å²) in [5, 5.41) is 11.7. The number of aliphatic carboxylic acids is 1. The molecule has 2 aromatic carbocycles. The molecule has 0 bridgehead atoms. The summed E-state index contributed by atoms with van der Waals surface area (Å²) in [6.07, 6.45) is 2.16. The highest BCUT2D eigenvalue weighted by Crippen LogP contribution is 2.44. The van der Waals surface area contributed by atoms with Gasteiger partial charge in [0.25, 0.3) is 5.91 Å². The van der Waals surface area contributed by atoms with E-state index < -0.39 is 12.1 Å². The number of carboxylic acids is 1. The molecule has 8 heteroatoms. The SMILES string of the molecule is O=C(O)CC1CCCN1C(=O)c1ccc(NC(=O)OCC2c3ccccc3-c3ccccc32)cn1. The Morgan fingerprint density at radius 3 is 2.31 bits per heavy atom. The lowest BCUT2D eigenvalue weighted by Crippen LogP contribution is -2.37. The molecule has 2 aliphatic rings. The molecule has 178 valence electrons. The number of aromatic nitrogens is 1. The van der Waals surface area contributed by atoms with Crippen molar-refractivity contribution < 1.29 is 24.2 Å². The van der Waals surface area contributed by atoms with Crippen LogP contribution in [0, 0.1) is 0 Å². The van der Waals surface area contributed by atoms with Gasteiger partial charge in [0, 0.05) is 18.5 Å². The molecule has 1 atom stereocenters. The first-order chi connectivity index (χ1) is 17.0. The van der Waals surface area contributed by atoms with Crippen LogP contribution in [0.4, 0.5) is 10.5 Å². The molecule has 1 aromatic heterocycles. The number of likely N-dealkylation sites (tertiary alicyclic amines) is 1. The summed E-state index contributed by atoms with van der Waals surface area (Å²) in [7, 11) is 0. The second-order valence-electron chi connectivity index (χ2n) is 8.78. The normalized spacial score (nSPS) is 16.5. The lowest BCUT2D eigenvalue weighted by molar-refractivity contribution is -0.137. The van der Waals surface area contributed by atoms with E-state index >= 15 is 0 Å². The van der Waals surface area contributed by atoms with E-state index in [4.69, 9.17) is 9.84 Å². The van der Waals surface area contributed by atoms with Crippen LogP contribution in [0.2, 0.25) is 0 Å². The summed E-state index contributed by atoms with van der Waals surface area (Å²) in [4.78, 5) is 42.1. The summed E-state index contributed by atoms with van der Waals surface area (Å²) < 4.78 is 5.55. The molecule has 0 spiro atoms. The Hall–Kier alpha value is -4.20. The van der Waals surface area contributed by atoms with Gasteiger partial charge in [-0.2, -0.15) is 0 Å². The quantitative estimate of drug-likeness (QED) is 0.547. The Morgan fingerprint density at radius 1 is 1.00 bits per heavy atom. The Balaban J connectivity index is 1.20. The number of hydrogen-bond acceptors (Lipinski definition) is 5. The number of anilines is 1. The molecule has 8 nitrogen and oxygen atoms in total. The largest absolute Gasteiger partial charge is 0.481 e. The number of rotatable bonds is 6. The second-order valence-corrected chi connectivity index (χ2v) is 8.78. The first-order valence-electron chi connectivity index (χ1n) is 11.6. The number of hydrogen-bond donors (Lipinski definition) is 2. The fourth-order valence-electron chi connectivity index (χ4n) is 5.01. The Labute approximate surface area is 202 Å². The van der Waals surface area contributed by atoms with E-state index in [0.29, 0.717) is 18.7 Å². The number of pyridine rings is 1. The molecule has 1 fully saturated rings. The van der Waals surface area contributed by atoms with Gasteiger partial charge >= 0.3 is 12.1 Å². The summed E-state index contributed by atoms with van der Waals surface area (Å²) in [6.45, 7) is 0.710. The van der Waals surface area contributed by atoms with Crippen LogP contribution in [0.15, 0.2) is 66.9 Å². The highest BCUT2D eigenvalue weighted by atomic mass is 16.5. The molecule has 2 N–H and O–H groups in total. The third kappa shape index (κ3) is 4.59. The van der Waals surface area contributed by atoms with Crippen molar-refractivity contribution >= 4 is 23.7 Å². The average Bonchev–Trinajstić information content (AvgIpc) is 3.45. The molecule has 0 saturated carbocycles. The fourth-order valence-corrected chi connectivity index (χ4v) is 5.01. The minimum atomic E-state index is -0.926. The molecule has 5 rings (SSSR count). The van der Waals surface area contributed by atoms with E-state index in [9.17, 15) is 14.4 Å². The predicted molar refractivity (Wildman–Crippen MR) is 129 cm³/mol. The minimum Gasteiger partial charge on any atom is -0.481 e. The molecular formula is C27H25N3O5. The van der Waals surface area contributed by atoms with Gasteiger partial charge in [0.2, 0.25) is 0 Å². The van der Waals surface area contributed by atoms with Crippen LogP contribution in [0.3, 0.4) is 0 Å². The molecular weight excluding hydrogens is 446 g/mol. The van der Waals surface area contributed by atoms with E-state index in [1.54, 1.807) is 11.0 Å². The number of ether oxygens (including phenoxy) is 1. The van der Waals surface area contributed by atoms with Crippen molar-refractivity contribution in [3.63, 3.8) is 0 Å². The molecule has 0 radical (unpaired) electrons. The Morgan fingerprint density at radius 2 is 1.69 bits per heavy atom. The number of carbonyl (C=O) groups is 3. The summed E-state index contributed by atoms with van der Waals surface area (Å²) in [6, 6.07) is 19.0. The maximum Gasteiger partial charge on any atom is 0.411 e. The van der Waals surface area contributed by atoms with E-state index in [1.807, 2.05) is 24.3 Å². The topological polar surface area (TPSA) is 109 Å². The van der Waals surface area contributed by atoms with Gasteiger partial charge in [-0.3, -0.25) is 14.9 Å². The monoisotopic (exact) mass is 471 g/mol. The van der Waals surface area contributed by atoms with Crippen LogP contribution in [0.25, 0.3) is 11.1 Å². The summed E-state index contributed by atoms with van der Waals surface area (Å²) in [5.74, 6) is -1.27. The van der Waals surface area contributed by atoms with Gasteiger partial charge in [-0.05, 0) is 47.2 Å². The average molecular weight is 472 g/mol. The summed E-state index contributed by atoms with van der Waals surface area (Å²) >= 11 is 0. The molecule has 1 unspecified atom stereocenters. The molecule has 35 heavy (non-hydrogen) atoms. The van der Waals surface area contributed by atoms with Crippen molar-refractivity contribution in [3.8, 4) is 11.1 Å². The third-order valence-corrected chi connectivity index (χ3v) is 6.62. The highest BCUT2D eigenvalue weighted by Gasteiger charge is 2.32. The first-order valence-corrected chi connectivity index (χ1v) is 11.6. The van der Waals surface area contributed by atoms with Crippen molar-refractivity contribution in [1.29, 1.82) is 0 Å². The van der Waals surface area contributed by atoms with Crippen LogP contribution >= 0.6 is 0 Å². The van der Waals surface area contributed by atoms with Gasteiger partial charge in [-0.15, -0.1) is 0 Å². The van der Waals surface area contributed by atoms with Crippen LogP contribution in [-0.4, -0.2) is 52.2 Å². The number of nitrogens with zero attached hydrogens (tertiary/aromatic N) is 2. The van der Waals surface area contributed by atoms with E-state index in [-0.39, 0.29) is 36.6 Å². The highest BCUT2D eigenvalue weighted by molar-refractivity contribution is 5.93. The van der Waals surface area contributed by atoms with Crippen molar-refractivity contribution in [2.24, 2.45) is 0 Å². The predicted octanol–water partition coefficient (Wildman–Crippen LogP) is 4.52. The number of carbonyl (C=O) groups excluding carboxylic acids is 2. The number of carboxylic acid groups (broad SMARTS) is 1. The number of fused-ring (bicyclic) bond motifs is 3.